The van der Waals surface area contributed by atoms with Gasteiger partial charge in [-0.2, -0.15) is 31.3 Å². The molecule has 0 aromatic carbocycles. The molecule has 7 nitrogen and oxygen atoms in total. The molecule has 1 aliphatic carbocycles. The van der Waals surface area contributed by atoms with E-state index in [0.29, 0.717) is 29.4 Å². The highest BCUT2D eigenvalue weighted by atomic mass is 35.5. The van der Waals surface area contributed by atoms with Gasteiger partial charge in [-0.15, -0.1) is 5.10 Å². The maximum atomic E-state index is 14.3. The molecule has 1 saturated carbocycles. The van der Waals surface area contributed by atoms with Gasteiger partial charge in [0.15, 0.2) is 23.8 Å². The number of rotatable bonds is 5. The number of halogens is 8. The third-order valence-electron chi connectivity index (χ3n) is 6.40. The predicted molar refractivity (Wildman–Crippen MR) is 115 cm³/mol. The van der Waals surface area contributed by atoms with Gasteiger partial charge in [-0.1, -0.05) is 11.6 Å². The van der Waals surface area contributed by atoms with E-state index in [2.05, 4.69) is 20.4 Å². The summed E-state index contributed by atoms with van der Waals surface area (Å²) in [6.07, 6.45) is -6.92. The lowest BCUT2D eigenvalue weighted by atomic mass is 9.92. The number of alkyl halides is 6. The van der Waals surface area contributed by atoms with E-state index >= 15 is 0 Å². The quantitative estimate of drug-likeness (QED) is 0.356. The molecule has 2 bridgehead atoms. The van der Waals surface area contributed by atoms with Crippen LogP contribution in [0.3, 0.4) is 0 Å². The molecule has 2 fully saturated rings. The van der Waals surface area contributed by atoms with Crippen LogP contribution in [0.5, 0.6) is 5.75 Å². The first-order valence-electron chi connectivity index (χ1n) is 10.9. The highest BCUT2D eigenvalue weighted by molar-refractivity contribution is 6.29. The van der Waals surface area contributed by atoms with Gasteiger partial charge in [0.1, 0.15) is 10.8 Å². The number of nitrogens with one attached hydrogen (secondary N) is 1. The number of pyridine rings is 2. The second kappa shape index (κ2) is 8.82. The van der Waals surface area contributed by atoms with Crippen LogP contribution >= 0.6 is 11.6 Å². The van der Waals surface area contributed by atoms with Crippen LogP contribution in [-0.2, 0) is 6.18 Å². The van der Waals surface area contributed by atoms with Crippen LogP contribution < -0.4 is 15.0 Å². The lowest BCUT2D eigenvalue weighted by Gasteiger charge is -2.39. The van der Waals surface area contributed by atoms with Crippen LogP contribution in [0.15, 0.2) is 24.4 Å². The van der Waals surface area contributed by atoms with Crippen molar-refractivity contribution >= 4 is 28.9 Å². The second-order valence-corrected chi connectivity index (χ2v) is 9.17. The summed E-state index contributed by atoms with van der Waals surface area (Å²) < 4.78 is 97.8. The van der Waals surface area contributed by atoms with E-state index in [1.54, 1.807) is 0 Å². The average Bonchev–Trinajstić information content (AvgIpc) is 3.29. The van der Waals surface area contributed by atoms with E-state index in [1.807, 2.05) is 4.90 Å². The Labute approximate surface area is 204 Å². The molecule has 3 atom stereocenters. The minimum Gasteiger partial charge on any atom is -0.480 e. The normalized spacial score (nSPS) is 22.3. The molecule has 15 heteroatoms. The van der Waals surface area contributed by atoms with E-state index in [1.165, 1.54) is 6.07 Å². The fourth-order valence-corrected chi connectivity index (χ4v) is 5.09. The Bertz CT molecular complexity index is 1270. The van der Waals surface area contributed by atoms with Gasteiger partial charge in [-0.3, -0.25) is 0 Å². The van der Waals surface area contributed by atoms with Gasteiger partial charge in [0.2, 0.25) is 5.95 Å². The van der Waals surface area contributed by atoms with E-state index in [9.17, 15) is 30.7 Å². The van der Waals surface area contributed by atoms with Crippen LogP contribution in [-0.4, -0.2) is 51.5 Å². The van der Waals surface area contributed by atoms with Crippen molar-refractivity contribution in [2.24, 2.45) is 11.8 Å². The summed E-state index contributed by atoms with van der Waals surface area (Å²) in [4.78, 5) is 9.60. The summed E-state index contributed by atoms with van der Waals surface area (Å²) in [7, 11) is 0. The lowest BCUT2D eigenvalue weighted by Crippen LogP contribution is -2.48. The number of aromatic nitrogens is 4. The zero-order chi connectivity index (χ0) is 25.8. The average molecular weight is 539 g/mol. The fourth-order valence-electron chi connectivity index (χ4n) is 4.94. The Morgan fingerprint density at radius 3 is 2.42 bits per heavy atom. The Balaban J connectivity index is 1.41. The molecule has 1 saturated heterocycles. The molecule has 0 radical (unpaired) electrons. The van der Waals surface area contributed by atoms with Gasteiger partial charge in [-0.05, 0) is 36.8 Å². The Morgan fingerprint density at radius 2 is 1.78 bits per heavy atom. The number of hydrogen-bond donors (Lipinski definition) is 1. The lowest BCUT2D eigenvalue weighted by molar-refractivity contribution is -0.153. The van der Waals surface area contributed by atoms with E-state index < -0.39 is 41.9 Å². The van der Waals surface area contributed by atoms with E-state index in [-0.39, 0.29) is 29.0 Å². The van der Waals surface area contributed by atoms with Gasteiger partial charge >= 0.3 is 12.4 Å². The molecule has 1 N–H and O–H groups in total. The Kier molecular flexibility index (Phi) is 6.04. The molecule has 0 amide bonds. The number of anilines is 2. The topological polar surface area (TPSA) is 67.6 Å². The molecular formula is C21H18ClF7N6O. The summed E-state index contributed by atoms with van der Waals surface area (Å²) in [6, 6.07) is 2.59. The number of hydrogen-bond acceptors (Lipinski definition) is 6. The summed E-state index contributed by atoms with van der Waals surface area (Å²) in [5.41, 5.74) is -1.38. The molecule has 36 heavy (non-hydrogen) atoms. The fraction of sp³-hybridized carbons (Fsp3) is 0.476. The highest BCUT2D eigenvalue weighted by Gasteiger charge is 2.43. The Morgan fingerprint density at radius 1 is 1.08 bits per heavy atom. The van der Waals surface area contributed by atoms with Crippen molar-refractivity contribution in [3.63, 3.8) is 0 Å². The molecule has 2 aliphatic rings. The van der Waals surface area contributed by atoms with E-state index in [0.717, 1.165) is 25.1 Å². The van der Waals surface area contributed by atoms with Crippen LogP contribution in [0.4, 0.5) is 42.4 Å². The molecule has 1 aliphatic heterocycles. The zero-order valence-corrected chi connectivity index (χ0v) is 19.0. The molecule has 0 unspecified atom stereocenters. The minimum atomic E-state index is -4.83. The van der Waals surface area contributed by atoms with Crippen LogP contribution in [0.2, 0.25) is 5.15 Å². The first-order valence-corrected chi connectivity index (χ1v) is 11.3. The maximum absolute atomic E-state index is 14.3. The van der Waals surface area contributed by atoms with Crippen LogP contribution in [0.25, 0.3) is 5.65 Å². The first kappa shape index (κ1) is 24.7. The third-order valence-corrected chi connectivity index (χ3v) is 6.61. The van der Waals surface area contributed by atoms with Crippen molar-refractivity contribution in [2.45, 2.75) is 31.2 Å². The molecule has 0 spiro atoms. The molecule has 4 heterocycles. The second-order valence-electron chi connectivity index (χ2n) is 8.79. The predicted octanol–water partition coefficient (Wildman–Crippen LogP) is 5.20. The summed E-state index contributed by atoms with van der Waals surface area (Å²) in [5.74, 6) is -1.19. The van der Waals surface area contributed by atoms with Gasteiger partial charge in [0, 0.05) is 25.2 Å². The molecule has 3 aromatic heterocycles. The zero-order valence-electron chi connectivity index (χ0n) is 18.2. The van der Waals surface area contributed by atoms with Gasteiger partial charge < -0.3 is 15.0 Å². The maximum Gasteiger partial charge on any atom is 0.433 e. The summed E-state index contributed by atoms with van der Waals surface area (Å²) >= 11 is 5.92. The highest BCUT2D eigenvalue weighted by Crippen LogP contribution is 2.41. The van der Waals surface area contributed by atoms with Crippen molar-refractivity contribution in [3.8, 4) is 5.75 Å². The number of ether oxygens (including phenoxy) is 1. The summed E-state index contributed by atoms with van der Waals surface area (Å²) in [6.45, 7) is -0.791. The molecule has 194 valence electrons. The third kappa shape index (κ3) is 4.82. The smallest absolute Gasteiger partial charge is 0.433 e. The van der Waals surface area contributed by atoms with Gasteiger partial charge in [0.05, 0.1) is 11.9 Å². The SMILES string of the molecule is Fc1cnc(Cl)cc1N1C[C@H]2CC[C@@H](C1)[C@@H]2Nc1nc2c(OCC(F)(F)F)ccc(C(F)(F)F)n2n1. The summed E-state index contributed by atoms with van der Waals surface area (Å²) in [5, 5.41) is 7.10. The first-order chi connectivity index (χ1) is 16.9. The number of nitrogens with zero attached hydrogens (tertiary/aromatic N) is 5. The largest absolute Gasteiger partial charge is 0.480 e. The van der Waals surface area contributed by atoms with Gasteiger partial charge in [-0.25, -0.2) is 13.9 Å². The van der Waals surface area contributed by atoms with Crippen molar-refractivity contribution < 1.29 is 35.5 Å². The number of piperidine rings is 1. The molecule has 5 rings (SSSR count). The van der Waals surface area contributed by atoms with Crippen molar-refractivity contribution in [3.05, 3.63) is 41.1 Å². The van der Waals surface area contributed by atoms with Gasteiger partial charge in [0.25, 0.3) is 0 Å². The number of fused-ring (bicyclic) bond motifs is 3. The molecular weight excluding hydrogens is 521 g/mol. The van der Waals surface area contributed by atoms with Crippen LogP contribution in [0, 0.1) is 17.7 Å². The molecule has 3 aromatic rings. The monoisotopic (exact) mass is 538 g/mol. The van der Waals surface area contributed by atoms with Crippen molar-refractivity contribution in [2.75, 3.05) is 29.9 Å². The Hall–Kier alpha value is -3.03. The van der Waals surface area contributed by atoms with Crippen molar-refractivity contribution in [1.82, 2.24) is 19.6 Å². The minimum absolute atomic E-state index is 0.00950. The van der Waals surface area contributed by atoms with Crippen molar-refractivity contribution in [1.29, 1.82) is 0 Å². The standard InChI is InChI=1S/C21H18ClF7N6O/c22-16-5-13(12(23)6-30-16)34-7-10-1-2-11(8-34)17(10)31-19-32-18-14(36-9-20(24,25)26)3-4-15(21(27,28)29)35(18)33-19/h3-6,10-11,17H,1-2,7-9H2,(H,31,33)/t10-,11+,17-. The van der Waals surface area contributed by atoms with E-state index in [4.69, 9.17) is 16.3 Å². The van der Waals surface area contributed by atoms with Crippen LogP contribution in [0.1, 0.15) is 18.5 Å².